The molecule has 3 heteroatoms. The topological polar surface area (TPSA) is 21.3 Å². The molecule has 1 saturated carbocycles. The van der Waals surface area contributed by atoms with E-state index < -0.39 is 0 Å². The smallest absolute Gasteiger partial charge is 0.0746 e. The molecule has 4 atom stereocenters. The summed E-state index contributed by atoms with van der Waals surface area (Å²) in [4.78, 5) is 0. The maximum atomic E-state index is 6.08. The van der Waals surface area contributed by atoms with E-state index >= 15 is 0 Å². The Morgan fingerprint density at radius 3 is 3.08 bits per heavy atom. The minimum atomic E-state index is 0.332. The molecule has 1 heterocycles. The Bertz CT molecular complexity index is 149. The number of ether oxygens (including phenoxy) is 1. The molecule has 1 N–H and O–H groups in total. The largest absolute Gasteiger partial charge is 0.372 e. The molecule has 2 rings (SSSR count). The van der Waals surface area contributed by atoms with E-state index in [9.17, 15) is 0 Å². The molecule has 2 fully saturated rings. The van der Waals surface area contributed by atoms with Gasteiger partial charge in [-0.25, -0.2) is 0 Å². The molecule has 12 heavy (non-hydrogen) atoms. The SMILES string of the molecule is C[C@H]1CNC2CCC(Cl)C[C@H]2O1. The first kappa shape index (κ1) is 8.79. The molecule has 2 nitrogen and oxygen atoms in total. The van der Waals surface area contributed by atoms with Crippen LogP contribution in [0.15, 0.2) is 0 Å². The second-order valence-corrected chi connectivity index (χ2v) is 4.53. The van der Waals surface area contributed by atoms with Gasteiger partial charge in [-0.2, -0.15) is 0 Å². The zero-order chi connectivity index (χ0) is 8.55. The van der Waals surface area contributed by atoms with Crippen molar-refractivity contribution in [3.8, 4) is 0 Å². The van der Waals surface area contributed by atoms with Crippen LogP contribution in [0.25, 0.3) is 0 Å². The van der Waals surface area contributed by atoms with Crippen LogP contribution in [-0.4, -0.2) is 30.2 Å². The van der Waals surface area contributed by atoms with E-state index in [1.165, 1.54) is 6.42 Å². The average molecular weight is 190 g/mol. The summed E-state index contributed by atoms with van der Waals surface area (Å²) in [5.41, 5.74) is 0. The van der Waals surface area contributed by atoms with Crippen LogP contribution < -0.4 is 5.32 Å². The number of fused-ring (bicyclic) bond motifs is 1. The molecule has 2 unspecified atom stereocenters. The highest BCUT2D eigenvalue weighted by Crippen LogP contribution is 2.28. The lowest BCUT2D eigenvalue weighted by Gasteiger charge is -2.40. The first-order chi connectivity index (χ1) is 5.75. The number of alkyl halides is 1. The third-order valence-corrected chi connectivity index (χ3v) is 3.20. The highest BCUT2D eigenvalue weighted by atomic mass is 35.5. The van der Waals surface area contributed by atoms with Gasteiger partial charge in [0, 0.05) is 18.0 Å². The number of halogens is 1. The highest BCUT2D eigenvalue weighted by molar-refractivity contribution is 6.20. The summed E-state index contributed by atoms with van der Waals surface area (Å²) in [7, 11) is 0. The van der Waals surface area contributed by atoms with Crippen LogP contribution >= 0.6 is 11.6 Å². The zero-order valence-corrected chi connectivity index (χ0v) is 8.18. The van der Waals surface area contributed by atoms with Crippen LogP contribution in [0, 0.1) is 0 Å². The summed E-state index contributed by atoms with van der Waals surface area (Å²) < 4.78 is 5.81. The molecule has 1 aliphatic heterocycles. The van der Waals surface area contributed by atoms with Crippen molar-refractivity contribution in [1.82, 2.24) is 5.32 Å². The summed E-state index contributed by atoms with van der Waals surface area (Å²) in [6.07, 6.45) is 4.04. The van der Waals surface area contributed by atoms with E-state index in [0.29, 0.717) is 23.6 Å². The fourth-order valence-electron chi connectivity index (χ4n) is 2.13. The number of hydrogen-bond acceptors (Lipinski definition) is 2. The Balaban J connectivity index is 1.94. The normalized spacial score (nSPS) is 48.5. The van der Waals surface area contributed by atoms with Crippen LogP contribution in [-0.2, 0) is 4.74 Å². The van der Waals surface area contributed by atoms with Crippen LogP contribution in [0.5, 0.6) is 0 Å². The van der Waals surface area contributed by atoms with Crippen molar-refractivity contribution in [3.63, 3.8) is 0 Å². The maximum Gasteiger partial charge on any atom is 0.0746 e. The van der Waals surface area contributed by atoms with Crippen molar-refractivity contribution in [3.05, 3.63) is 0 Å². The second kappa shape index (κ2) is 3.52. The van der Waals surface area contributed by atoms with Crippen LogP contribution in [0.3, 0.4) is 0 Å². The molecule has 0 amide bonds. The Hall–Kier alpha value is 0.210. The zero-order valence-electron chi connectivity index (χ0n) is 7.42. The van der Waals surface area contributed by atoms with Gasteiger partial charge in [0.15, 0.2) is 0 Å². The molecule has 0 radical (unpaired) electrons. The predicted octanol–water partition coefficient (Wildman–Crippen LogP) is 1.52. The number of hydrogen-bond donors (Lipinski definition) is 1. The maximum absolute atomic E-state index is 6.08. The number of morpholine rings is 1. The molecule has 70 valence electrons. The van der Waals surface area contributed by atoms with Crippen LogP contribution in [0.4, 0.5) is 0 Å². The fraction of sp³-hybridized carbons (Fsp3) is 1.00. The molecule has 0 spiro atoms. The molecular weight excluding hydrogens is 174 g/mol. The highest BCUT2D eigenvalue weighted by Gasteiger charge is 2.34. The van der Waals surface area contributed by atoms with E-state index in [1.54, 1.807) is 0 Å². The van der Waals surface area contributed by atoms with Crippen LogP contribution in [0.1, 0.15) is 26.2 Å². The first-order valence-corrected chi connectivity index (χ1v) is 5.22. The van der Waals surface area contributed by atoms with Crippen molar-refractivity contribution in [2.75, 3.05) is 6.54 Å². The van der Waals surface area contributed by atoms with Crippen molar-refractivity contribution in [2.24, 2.45) is 0 Å². The summed E-state index contributed by atoms with van der Waals surface area (Å²) in [6, 6.07) is 0.566. The predicted molar refractivity (Wildman–Crippen MR) is 49.6 cm³/mol. The first-order valence-electron chi connectivity index (χ1n) is 4.78. The third-order valence-electron chi connectivity index (χ3n) is 2.80. The third kappa shape index (κ3) is 1.76. The van der Waals surface area contributed by atoms with E-state index in [0.717, 1.165) is 19.4 Å². The summed E-state index contributed by atoms with van der Waals surface area (Å²) in [6.45, 7) is 3.11. The van der Waals surface area contributed by atoms with E-state index in [1.807, 2.05) is 0 Å². The van der Waals surface area contributed by atoms with E-state index in [-0.39, 0.29) is 0 Å². The lowest BCUT2D eigenvalue weighted by molar-refractivity contribution is -0.0683. The Morgan fingerprint density at radius 2 is 2.25 bits per heavy atom. The van der Waals surface area contributed by atoms with Gasteiger partial charge < -0.3 is 10.1 Å². The average Bonchev–Trinajstić information content (AvgIpc) is 2.03. The molecule has 0 aromatic carbocycles. The van der Waals surface area contributed by atoms with Gasteiger partial charge in [-0.05, 0) is 26.2 Å². The quantitative estimate of drug-likeness (QED) is 0.584. The number of rotatable bonds is 0. The summed E-state index contributed by atoms with van der Waals surface area (Å²) in [5, 5.41) is 3.84. The fourth-order valence-corrected chi connectivity index (χ4v) is 2.43. The van der Waals surface area contributed by atoms with E-state index in [2.05, 4.69) is 12.2 Å². The second-order valence-electron chi connectivity index (χ2n) is 3.91. The van der Waals surface area contributed by atoms with Gasteiger partial charge >= 0.3 is 0 Å². The minimum absolute atomic E-state index is 0.332. The summed E-state index contributed by atoms with van der Waals surface area (Å²) in [5.74, 6) is 0. The van der Waals surface area contributed by atoms with Gasteiger partial charge in [-0.1, -0.05) is 0 Å². The van der Waals surface area contributed by atoms with Crippen LogP contribution in [0.2, 0.25) is 0 Å². The van der Waals surface area contributed by atoms with Gasteiger partial charge in [0.05, 0.1) is 12.2 Å². The molecule has 2 aliphatic rings. The standard InChI is InChI=1S/C9H16ClNO/c1-6-5-11-8-3-2-7(10)4-9(8)12-6/h6-9,11H,2-5H2,1H3/t6-,7?,8?,9+/m0/s1. The number of nitrogens with one attached hydrogen (secondary N) is 1. The van der Waals surface area contributed by atoms with Gasteiger partial charge in [0.25, 0.3) is 0 Å². The molecule has 1 aliphatic carbocycles. The Kier molecular flexibility index (Phi) is 2.58. The molecule has 0 aromatic rings. The summed E-state index contributed by atoms with van der Waals surface area (Å²) >= 11 is 6.08. The minimum Gasteiger partial charge on any atom is -0.372 e. The van der Waals surface area contributed by atoms with Gasteiger partial charge in [0.2, 0.25) is 0 Å². The van der Waals surface area contributed by atoms with Crippen molar-refractivity contribution in [2.45, 2.75) is 49.8 Å². The molecule has 0 aromatic heterocycles. The van der Waals surface area contributed by atoms with Gasteiger partial charge in [-0.15, -0.1) is 11.6 Å². The molecule has 0 bridgehead atoms. The monoisotopic (exact) mass is 189 g/mol. The van der Waals surface area contributed by atoms with E-state index in [4.69, 9.17) is 16.3 Å². The van der Waals surface area contributed by atoms with Crippen molar-refractivity contribution < 1.29 is 4.74 Å². The van der Waals surface area contributed by atoms with Crippen molar-refractivity contribution >= 4 is 11.6 Å². The van der Waals surface area contributed by atoms with Gasteiger partial charge in [-0.3, -0.25) is 0 Å². The lowest BCUT2D eigenvalue weighted by atomic mass is 9.90. The van der Waals surface area contributed by atoms with Gasteiger partial charge in [0.1, 0.15) is 0 Å². The Labute approximate surface area is 78.6 Å². The molecule has 1 saturated heterocycles. The molecular formula is C9H16ClNO. The van der Waals surface area contributed by atoms with Crippen molar-refractivity contribution in [1.29, 1.82) is 0 Å². The lowest BCUT2D eigenvalue weighted by Crippen LogP contribution is -2.54. The Morgan fingerprint density at radius 1 is 1.42 bits per heavy atom.